The van der Waals surface area contributed by atoms with Crippen molar-refractivity contribution in [3.8, 4) is 0 Å². The summed E-state index contributed by atoms with van der Waals surface area (Å²) in [6.45, 7) is 2.00. The molecule has 78 valence electrons. The molecule has 1 atom stereocenters. The van der Waals surface area contributed by atoms with Gasteiger partial charge in [-0.05, 0) is 28.9 Å². The number of esters is 1. The Balaban J connectivity index is 2.69. The molecule has 0 unspecified atom stereocenters. The van der Waals surface area contributed by atoms with Crippen molar-refractivity contribution in [1.82, 2.24) is 0 Å². The van der Waals surface area contributed by atoms with E-state index in [0.29, 0.717) is 0 Å². The van der Waals surface area contributed by atoms with Gasteiger partial charge >= 0.3 is 5.97 Å². The zero-order valence-electron chi connectivity index (χ0n) is 8.04. The van der Waals surface area contributed by atoms with Gasteiger partial charge in [0.2, 0.25) is 0 Å². The third-order valence-electron chi connectivity index (χ3n) is 1.86. The summed E-state index contributed by atoms with van der Waals surface area (Å²) < 4.78 is 5.59. The molecule has 5 heteroatoms. The minimum Gasteiger partial charge on any atom is -0.469 e. The standard InChI is InChI=1S/C9H12BrNO2S/c1-5-6(10)3-8(14-5)7(11)4-9(12)13-2/h3,7H,4,11H2,1-2H3/t7-/m0/s1. The maximum atomic E-state index is 11.0. The molecule has 0 aliphatic heterocycles. The van der Waals surface area contributed by atoms with Crippen molar-refractivity contribution >= 4 is 33.2 Å². The van der Waals surface area contributed by atoms with Gasteiger partial charge in [-0.3, -0.25) is 4.79 Å². The van der Waals surface area contributed by atoms with Crippen LogP contribution in [0.3, 0.4) is 0 Å². The van der Waals surface area contributed by atoms with Gasteiger partial charge in [0.05, 0.1) is 13.5 Å². The van der Waals surface area contributed by atoms with E-state index < -0.39 is 0 Å². The maximum absolute atomic E-state index is 11.0. The molecule has 1 rings (SSSR count). The second kappa shape index (κ2) is 4.91. The summed E-state index contributed by atoms with van der Waals surface area (Å²) in [5.41, 5.74) is 5.84. The number of ether oxygens (including phenoxy) is 1. The van der Waals surface area contributed by atoms with Crippen LogP contribution in [0.25, 0.3) is 0 Å². The summed E-state index contributed by atoms with van der Waals surface area (Å²) in [7, 11) is 1.37. The van der Waals surface area contributed by atoms with Crippen molar-refractivity contribution in [1.29, 1.82) is 0 Å². The molecule has 1 aromatic rings. The Kier molecular flexibility index (Phi) is 4.10. The first-order chi connectivity index (χ1) is 6.54. The molecule has 0 bridgehead atoms. The average Bonchev–Trinajstić information content (AvgIpc) is 2.47. The van der Waals surface area contributed by atoms with E-state index >= 15 is 0 Å². The highest BCUT2D eigenvalue weighted by atomic mass is 79.9. The molecule has 0 aliphatic carbocycles. The monoisotopic (exact) mass is 277 g/mol. The van der Waals surface area contributed by atoms with Crippen LogP contribution in [0.5, 0.6) is 0 Å². The molecule has 1 aromatic heterocycles. The largest absolute Gasteiger partial charge is 0.469 e. The van der Waals surface area contributed by atoms with Crippen molar-refractivity contribution in [2.24, 2.45) is 5.73 Å². The fraction of sp³-hybridized carbons (Fsp3) is 0.444. The smallest absolute Gasteiger partial charge is 0.307 e. The SMILES string of the molecule is COC(=O)C[C@H](N)c1cc(Br)c(C)s1. The number of carbonyl (C=O) groups excluding carboxylic acids is 1. The fourth-order valence-electron chi connectivity index (χ4n) is 1.03. The Hall–Kier alpha value is -0.390. The van der Waals surface area contributed by atoms with Gasteiger partial charge in [-0.1, -0.05) is 0 Å². The fourth-order valence-corrected chi connectivity index (χ4v) is 2.59. The van der Waals surface area contributed by atoms with Crippen molar-refractivity contribution in [3.05, 3.63) is 20.3 Å². The molecule has 1 heterocycles. The van der Waals surface area contributed by atoms with Crippen molar-refractivity contribution < 1.29 is 9.53 Å². The Bertz CT molecular complexity index is 318. The van der Waals surface area contributed by atoms with E-state index in [1.807, 2.05) is 13.0 Å². The number of hydrogen-bond donors (Lipinski definition) is 1. The summed E-state index contributed by atoms with van der Waals surface area (Å²) in [5, 5.41) is 0. The molecular formula is C9H12BrNO2S. The van der Waals surface area contributed by atoms with E-state index in [1.165, 1.54) is 12.0 Å². The number of thiophene rings is 1. The van der Waals surface area contributed by atoms with Crippen LogP contribution in [-0.2, 0) is 9.53 Å². The number of rotatable bonds is 3. The molecular weight excluding hydrogens is 266 g/mol. The predicted molar refractivity (Wildman–Crippen MR) is 60.3 cm³/mol. The van der Waals surface area contributed by atoms with E-state index in [2.05, 4.69) is 20.7 Å². The van der Waals surface area contributed by atoms with Gasteiger partial charge in [0.15, 0.2) is 0 Å². The number of methoxy groups -OCH3 is 1. The van der Waals surface area contributed by atoms with Crippen LogP contribution in [0.4, 0.5) is 0 Å². The molecule has 3 nitrogen and oxygen atoms in total. The molecule has 2 N–H and O–H groups in total. The third kappa shape index (κ3) is 2.80. The molecule has 0 fully saturated rings. The van der Waals surface area contributed by atoms with Crippen LogP contribution in [-0.4, -0.2) is 13.1 Å². The van der Waals surface area contributed by atoms with Gasteiger partial charge in [0, 0.05) is 20.3 Å². The normalized spacial score (nSPS) is 12.6. The molecule has 0 radical (unpaired) electrons. The first-order valence-electron chi connectivity index (χ1n) is 4.12. The van der Waals surface area contributed by atoms with E-state index in [9.17, 15) is 4.79 Å². The van der Waals surface area contributed by atoms with Crippen molar-refractivity contribution in [2.45, 2.75) is 19.4 Å². The number of aryl methyl sites for hydroxylation is 1. The molecule has 0 spiro atoms. The average molecular weight is 278 g/mol. The molecule has 0 saturated heterocycles. The summed E-state index contributed by atoms with van der Waals surface area (Å²) in [5.74, 6) is -0.278. The predicted octanol–water partition coefficient (Wildman–Crippen LogP) is 2.38. The Morgan fingerprint density at radius 3 is 2.86 bits per heavy atom. The topological polar surface area (TPSA) is 52.3 Å². The highest BCUT2D eigenvalue weighted by molar-refractivity contribution is 9.10. The number of hydrogen-bond acceptors (Lipinski definition) is 4. The van der Waals surface area contributed by atoms with Gasteiger partial charge in [0.1, 0.15) is 0 Å². The van der Waals surface area contributed by atoms with Crippen LogP contribution in [0.15, 0.2) is 10.5 Å². The Labute approximate surface area is 95.4 Å². The lowest BCUT2D eigenvalue weighted by Crippen LogP contribution is -2.15. The third-order valence-corrected chi connectivity index (χ3v) is 4.12. The van der Waals surface area contributed by atoms with E-state index in [-0.39, 0.29) is 18.4 Å². The van der Waals surface area contributed by atoms with Crippen LogP contribution in [0, 0.1) is 6.92 Å². The minimum atomic E-state index is -0.278. The van der Waals surface area contributed by atoms with Crippen LogP contribution in [0.1, 0.15) is 22.2 Å². The van der Waals surface area contributed by atoms with Gasteiger partial charge in [-0.25, -0.2) is 0 Å². The number of nitrogens with two attached hydrogens (primary N) is 1. The quantitative estimate of drug-likeness (QED) is 0.864. The van der Waals surface area contributed by atoms with E-state index in [1.54, 1.807) is 11.3 Å². The minimum absolute atomic E-state index is 0.225. The lowest BCUT2D eigenvalue weighted by atomic mass is 10.2. The van der Waals surface area contributed by atoms with Gasteiger partial charge in [0.25, 0.3) is 0 Å². The first kappa shape index (κ1) is 11.7. The maximum Gasteiger partial charge on any atom is 0.307 e. The lowest BCUT2D eigenvalue weighted by Gasteiger charge is -2.06. The second-order valence-electron chi connectivity index (χ2n) is 2.94. The lowest BCUT2D eigenvalue weighted by molar-refractivity contribution is -0.141. The number of carbonyl (C=O) groups is 1. The Morgan fingerprint density at radius 2 is 2.43 bits per heavy atom. The zero-order chi connectivity index (χ0) is 10.7. The first-order valence-corrected chi connectivity index (χ1v) is 5.73. The second-order valence-corrected chi connectivity index (χ2v) is 5.08. The highest BCUT2D eigenvalue weighted by Crippen LogP contribution is 2.30. The van der Waals surface area contributed by atoms with Gasteiger partial charge < -0.3 is 10.5 Å². The summed E-state index contributed by atoms with van der Waals surface area (Å²) in [4.78, 5) is 13.1. The van der Waals surface area contributed by atoms with Crippen LogP contribution < -0.4 is 5.73 Å². The summed E-state index contributed by atoms with van der Waals surface area (Å²) in [6.07, 6.45) is 0.225. The van der Waals surface area contributed by atoms with E-state index in [0.717, 1.165) is 9.35 Å². The Morgan fingerprint density at radius 1 is 1.79 bits per heavy atom. The van der Waals surface area contributed by atoms with Crippen LogP contribution >= 0.6 is 27.3 Å². The molecule has 0 saturated carbocycles. The van der Waals surface area contributed by atoms with Crippen LogP contribution in [0.2, 0.25) is 0 Å². The van der Waals surface area contributed by atoms with Gasteiger partial charge in [-0.15, -0.1) is 11.3 Å². The van der Waals surface area contributed by atoms with Crippen molar-refractivity contribution in [2.75, 3.05) is 7.11 Å². The van der Waals surface area contributed by atoms with Crippen molar-refractivity contribution in [3.63, 3.8) is 0 Å². The van der Waals surface area contributed by atoms with Gasteiger partial charge in [-0.2, -0.15) is 0 Å². The molecule has 0 aromatic carbocycles. The molecule has 0 aliphatic rings. The molecule has 14 heavy (non-hydrogen) atoms. The summed E-state index contributed by atoms with van der Waals surface area (Å²) in [6, 6.07) is 1.69. The highest BCUT2D eigenvalue weighted by Gasteiger charge is 2.14. The zero-order valence-corrected chi connectivity index (χ0v) is 10.4. The molecule has 0 amide bonds. The summed E-state index contributed by atoms with van der Waals surface area (Å²) >= 11 is 5.00. The number of halogens is 1. The van der Waals surface area contributed by atoms with E-state index in [4.69, 9.17) is 5.73 Å².